The fourth-order valence-corrected chi connectivity index (χ4v) is 1.55. The van der Waals surface area contributed by atoms with E-state index < -0.39 is 8.87 Å². The number of hydrogen-bond donors (Lipinski definition) is 0. The lowest BCUT2D eigenvalue weighted by Gasteiger charge is -1.84. The van der Waals surface area contributed by atoms with Gasteiger partial charge in [0, 0.05) is 0 Å². The molecule has 0 amide bonds. The van der Waals surface area contributed by atoms with Gasteiger partial charge in [-0.25, -0.2) is 8.42 Å². The highest BCUT2D eigenvalue weighted by atomic mass is 79.9. The van der Waals surface area contributed by atoms with Crippen LogP contribution >= 0.6 is 26.7 Å². The van der Waals surface area contributed by atoms with Crippen LogP contribution in [-0.2, 0) is 8.87 Å². The van der Waals surface area contributed by atoms with Crippen LogP contribution in [0, 0.1) is 10.7 Å². The van der Waals surface area contributed by atoms with Gasteiger partial charge in [0.25, 0.3) is 0 Å². The third-order valence-corrected chi connectivity index (χ3v) is 4.95. The number of hydrogen-bond acceptors (Lipinski definition) is 4. The van der Waals surface area contributed by atoms with E-state index in [0.717, 1.165) is 0 Å². The van der Waals surface area contributed by atoms with E-state index in [1.807, 2.05) is 0 Å². The number of rotatable bonds is 2. The predicted octanol–water partition coefficient (Wildman–Crippen LogP) is 0.883. The molecular weight excluding hydrogens is 214 g/mol. The van der Waals surface area contributed by atoms with Crippen molar-refractivity contribution >= 4 is 35.6 Å². The summed E-state index contributed by atoms with van der Waals surface area (Å²) in [6.07, 6.45) is 0. The van der Waals surface area contributed by atoms with Crippen molar-refractivity contribution in [1.29, 1.82) is 5.26 Å². The van der Waals surface area contributed by atoms with E-state index >= 15 is 0 Å². The second-order valence-corrected chi connectivity index (χ2v) is 5.92. The van der Waals surface area contributed by atoms with E-state index in [4.69, 9.17) is 5.26 Å². The monoisotopic (exact) mass is 215 g/mol. The van der Waals surface area contributed by atoms with Crippen molar-refractivity contribution < 1.29 is 8.42 Å². The predicted molar refractivity (Wildman–Crippen MR) is 35.9 cm³/mol. The molecule has 0 rings (SSSR count). The summed E-state index contributed by atoms with van der Waals surface area (Å²) in [4.78, 5) is 0. The van der Waals surface area contributed by atoms with E-state index in [1.165, 1.54) is 5.40 Å². The van der Waals surface area contributed by atoms with Crippen LogP contribution in [0.15, 0.2) is 0 Å². The molecule has 0 bridgehead atoms. The Morgan fingerprint density at radius 2 is 2.25 bits per heavy atom. The topological polar surface area (TPSA) is 57.9 Å². The number of nitrogens with zero attached hydrogens (tertiary/aromatic N) is 1. The van der Waals surface area contributed by atoms with Crippen molar-refractivity contribution in [3.8, 4) is 5.40 Å². The van der Waals surface area contributed by atoms with Gasteiger partial charge in [0.2, 0.25) is 8.87 Å². The normalized spacial score (nSPS) is 10.5. The summed E-state index contributed by atoms with van der Waals surface area (Å²) in [5.74, 6) is 0. The molecule has 0 aliphatic rings. The number of nitriles is 1. The molecule has 0 aromatic heterocycles. The van der Waals surface area contributed by atoms with Crippen LogP contribution in [-0.4, -0.2) is 13.1 Å². The van der Waals surface area contributed by atoms with Gasteiger partial charge in [-0.2, -0.15) is 5.26 Å². The molecule has 0 spiro atoms. The van der Waals surface area contributed by atoms with Crippen LogP contribution in [0.3, 0.4) is 0 Å². The maximum Gasteiger partial charge on any atom is 0.225 e. The minimum Gasteiger partial charge on any atom is -0.216 e. The second kappa shape index (κ2) is 3.33. The number of thiocyanates is 1. The summed E-state index contributed by atoms with van der Waals surface area (Å²) < 4.78 is 20.4. The molecule has 0 aromatic carbocycles. The first kappa shape index (κ1) is 8.27. The SMILES string of the molecule is N#CSS(=O)(=O)CBr. The van der Waals surface area contributed by atoms with Crippen LogP contribution in [0.5, 0.6) is 0 Å². The summed E-state index contributed by atoms with van der Waals surface area (Å²) in [6.45, 7) is 0. The fraction of sp³-hybridized carbons (Fsp3) is 0.500. The first-order valence-corrected chi connectivity index (χ1v) is 5.59. The maximum absolute atomic E-state index is 10.3. The highest BCUT2D eigenvalue weighted by Gasteiger charge is 2.06. The Morgan fingerprint density at radius 1 is 1.75 bits per heavy atom. The Kier molecular flexibility index (Phi) is 3.44. The van der Waals surface area contributed by atoms with Gasteiger partial charge < -0.3 is 0 Å². The van der Waals surface area contributed by atoms with Crippen molar-refractivity contribution in [3.63, 3.8) is 0 Å². The zero-order valence-electron chi connectivity index (χ0n) is 3.67. The van der Waals surface area contributed by atoms with Gasteiger partial charge in [-0.15, -0.1) is 0 Å². The van der Waals surface area contributed by atoms with Crippen LogP contribution in [0.1, 0.15) is 0 Å². The summed E-state index contributed by atoms with van der Waals surface area (Å²) in [7, 11) is -2.93. The minimum absolute atomic E-state index is 0.168. The third kappa shape index (κ3) is 3.29. The third-order valence-electron chi connectivity index (χ3n) is 0.298. The van der Waals surface area contributed by atoms with E-state index in [-0.39, 0.29) is 15.5 Å². The first-order valence-electron chi connectivity index (χ1n) is 1.48. The van der Waals surface area contributed by atoms with Gasteiger partial charge in [-0.05, 0) is 0 Å². The number of alkyl halides is 1. The van der Waals surface area contributed by atoms with E-state index in [0.29, 0.717) is 0 Å². The van der Waals surface area contributed by atoms with E-state index in [1.54, 1.807) is 0 Å². The van der Waals surface area contributed by atoms with Gasteiger partial charge in [-0.1, -0.05) is 15.9 Å². The maximum atomic E-state index is 10.3. The Balaban J connectivity index is 4.01. The summed E-state index contributed by atoms with van der Waals surface area (Å²) in [5.41, 5.74) is 0. The van der Waals surface area contributed by atoms with Crippen LogP contribution in [0.2, 0.25) is 0 Å². The standard InChI is InChI=1S/C2H2BrNO2S2/c3-1-8(5,6)7-2-4/h1H2. The Morgan fingerprint density at radius 3 is 2.38 bits per heavy atom. The molecule has 0 saturated heterocycles. The molecule has 0 saturated carbocycles. The summed E-state index contributed by atoms with van der Waals surface area (Å²) >= 11 is 2.71. The van der Waals surface area contributed by atoms with Gasteiger partial charge in [0.1, 0.15) is 10.1 Å². The molecule has 0 N–H and O–H groups in total. The Bertz CT molecular complexity index is 191. The lowest BCUT2D eigenvalue weighted by Crippen LogP contribution is -1.90. The highest BCUT2D eigenvalue weighted by Crippen LogP contribution is 2.12. The Hall–Kier alpha value is 0.270. The average molecular weight is 216 g/mol. The fourth-order valence-electron chi connectivity index (χ4n) is 0.0791. The first-order chi connectivity index (χ1) is 3.62. The van der Waals surface area contributed by atoms with Gasteiger partial charge >= 0.3 is 0 Å². The van der Waals surface area contributed by atoms with E-state index in [9.17, 15) is 8.42 Å². The molecule has 0 aliphatic heterocycles. The minimum atomic E-state index is -3.20. The van der Waals surface area contributed by atoms with Crippen LogP contribution in [0.4, 0.5) is 0 Å². The smallest absolute Gasteiger partial charge is 0.216 e. The van der Waals surface area contributed by atoms with Gasteiger partial charge in [0.05, 0.1) is 10.8 Å². The molecule has 0 heterocycles. The molecular formula is C2H2BrNO2S2. The highest BCUT2D eigenvalue weighted by molar-refractivity contribution is 9.12. The number of halogens is 1. The van der Waals surface area contributed by atoms with Crippen molar-refractivity contribution in [2.45, 2.75) is 0 Å². The van der Waals surface area contributed by atoms with Crippen LogP contribution < -0.4 is 0 Å². The summed E-state index contributed by atoms with van der Waals surface area (Å²) in [5, 5.41) is 9.30. The van der Waals surface area contributed by atoms with Crippen molar-refractivity contribution in [3.05, 3.63) is 0 Å². The molecule has 0 unspecified atom stereocenters. The van der Waals surface area contributed by atoms with Crippen LogP contribution in [0.25, 0.3) is 0 Å². The molecule has 0 fully saturated rings. The molecule has 46 valence electrons. The summed E-state index contributed by atoms with van der Waals surface area (Å²) in [6, 6.07) is 0. The molecule has 8 heavy (non-hydrogen) atoms. The Labute approximate surface area is 59.5 Å². The second-order valence-electron chi connectivity index (χ2n) is 0.841. The molecule has 6 heteroatoms. The van der Waals surface area contributed by atoms with Gasteiger partial charge in [0.15, 0.2) is 0 Å². The van der Waals surface area contributed by atoms with E-state index in [2.05, 4.69) is 15.9 Å². The molecule has 3 nitrogen and oxygen atoms in total. The molecule has 0 aromatic rings. The molecule has 0 atom stereocenters. The van der Waals surface area contributed by atoms with Gasteiger partial charge in [-0.3, -0.25) is 0 Å². The zero-order chi connectivity index (χ0) is 6.62. The quantitative estimate of drug-likeness (QED) is 0.390. The van der Waals surface area contributed by atoms with Crippen molar-refractivity contribution in [2.24, 2.45) is 0 Å². The van der Waals surface area contributed by atoms with Crippen molar-refractivity contribution in [1.82, 2.24) is 0 Å². The molecule has 0 radical (unpaired) electrons. The molecule has 0 aliphatic carbocycles. The lowest BCUT2D eigenvalue weighted by atomic mass is 11.8. The lowest BCUT2D eigenvalue weighted by molar-refractivity contribution is 0.615. The zero-order valence-corrected chi connectivity index (χ0v) is 6.88. The van der Waals surface area contributed by atoms with Crippen molar-refractivity contribution in [2.75, 3.05) is 4.66 Å². The average Bonchev–Trinajstić information content (AvgIpc) is 1.67. The largest absolute Gasteiger partial charge is 0.225 e.